The molecule has 0 aliphatic carbocycles. The predicted molar refractivity (Wildman–Crippen MR) is 93.1 cm³/mol. The fourth-order valence-corrected chi connectivity index (χ4v) is 3.72. The van der Waals surface area contributed by atoms with E-state index < -0.39 is 0 Å². The topological polar surface area (TPSA) is 41.1 Å². The molecule has 3 nitrogen and oxygen atoms in total. The molecule has 1 atom stereocenters. The third kappa shape index (κ3) is 4.32. The van der Waals surface area contributed by atoms with Crippen molar-refractivity contribution in [1.29, 1.82) is 0 Å². The Morgan fingerprint density at radius 2 is 1.81 bits per heavy atom. The predicted octanol–water partition coefficient (Wildman–Crippen LogP) is 4.82. The van der Waals surface area contributed by atoms with Gasteiger partial charge in [0, 0.05) is 26.6 Å². The molecule has 1 aromatic heterocycles. The Morgan fingerprint density at radius 1 is 1.14 bits per heavy atom. The molecule has 2 aromatic rings. The van der Waals surface area contributed by atoms with E-state index in [9.17, 15) is 4.79 Å². The van der Waals surface area contributed by atoms with Gasteiger partial charge < -0.3 is 10.6 Å². The highest BCUT2D eigenvalue weighted by molar-refractivity contribution is 9.10. The quantitative estimate of drug-likeness (QED) is 0.795. The molecule has 0 saturated carbocycles. The van der Waals surface area contributed by atoms with Crippen LogP contribution < -0.4 is 10.6 Å². The minimum Gasteiger partial charge on any atom is -0.378 e. The summed E-state index contributed by atoms with van der Waals surface area (Å²) in [6, 6.07) is 9.98. The zero-order valence-electron chi connectivity index (χ0n) is 12.3. The van der Waals surface area contributed by atoms with Crippen LogP contribution in [0.1, 0.15) is 42.0 Å². The van der Waals surface area contributed by atoms with Crippen LogP contribution in [-0.4, -0.2) is 11.9 Å². The number of benzene rings is 1. The molecule has 0 aliphatic rings. The van der Waals surface area contributed by atoms with Crippen molar-refractivity contribution in [3.8, 4) is 0 Å². The van der Waals surface area contributed by atoms with Gasteiger partial charge in [-0.25, -0.2) is 0 Å². The lowest BCUT2D eigenvalue weighted by atomic mass is 10.1. The van der Waals surface area contributed by atoms with E-state index in [2.05, 4.69) is 44.9 Å². The van der Waals surface area contributed by atoms with Crippen LogP contribution in [0.2, 0.25) is 0 Å². The molecule has 2 rings (SSSR count). The van der Waals surface area contributed by atoms with Crippen molar-refractivity contribution >= 4 is 38.9 Å². The summed E-state index contributed by atoms with van der Waals surface area (Å²) in [4.78, 5) is 13.1. The largest absolute Gasteiger partial charge is 0.378 e. The van der Waals surface area contributed by atoms with E-state index in [1.807, 2.05) is 38.1 Å². The van der Waals surface area contributed by atoms with E-state index in [0.29, 0.717) is 5.56 Å². The van der Waals surface area contributed by atoms with Crippen molar-refractivity contribution < 1.29 is 4.79 Å². The van der Waals surface area contributed by atoms with Crippen molar-refractivity contribution in [2.24, 2.45) is 0 Å². The molecule has 5 heteroatoms. The Morgan fingerprint density at radius 3 is 2.33 bits per heavy atom. The zero-order valence-corrected chi connectivity index (χ0v) is 14.7. The number of amides is 1. The Kier molecular flexibility index (Phi) is 5.42. The molecule has 2 N–H and O–H groups in total. The second-order valence-electron chi connectivity index (χ2n) is 5.20. The van der Waals surface area contributed by atoms with Gasteiger partial charge in [0.15, 0.2) is 0 Å². The van der Waals surface area contributed by atoms with Gasteiger partial charge in [-0.2, -0.15) is 0 Å². The fourth-order valence-electron chi connectivity index (χ4n) is 1.99. The first-order valence-electron chi connectivity index (χ1n) is 6.87. The van der Waals surface area contributed by atoms with E-state index in [1.165, 1.54) is 4.88 Å². The number of hydrogen-bond acceptors (Lipinski definition) is 3. The second-order valence-corrected chi connectivity index (χ2v) is 7.01. The maximum atomic E-state index is 11.9. The number of hydrogen-bond donors (Lipinski definition) is 2. The highest BCUT2D eigenvalue weighted by Gasteiger charge is 2.11. The van der Waals surface area contributed by atoms with Crippen LogP contribution in [0.5, 0.6) is 0 Å². The van der Waals surface area contributed by atoms with Crippen LogP contribution in [0.4, 0.5) is 5.69 Å². The number of nitrogens with one attached hydrogen (secondary N) is 2. The van der Waals surface area contributed by atoms with Gasteiger partial charge in [-0.3, -0.25) is 4.79 Å². The van der Waals surface area contributed by atoms with Crippen molar-refractivity contribution in [2.45, 2.75) is 32.9 Å². The lowest BCUT2D eigenvalue weighted by molar-refractivity contribution is 0.0943. The number of thiophene rings is 1. The van der Waals surface area contributed by atoms with Crippen LogP contribution in [0.25, 0.3) is 0 Å². The Labute approximate surface area is 137 Å². The normalized spacial score (nSPS) is 12.2. The zero-order chi connectivity index (χ0) is 15.4. The van der Waals surface area contributed by atoms with Crippen molar-refractivity contribution in [2.75, 3.05) is 5.32 Å². The number of halogens is 1. The smallest absolute Gasteiger partial charge is 0.251 e. The van der Waals surface area contributed by atoms with Gasteiger partial charge in [0.1, 0.15) is 0 Å². The highest BCUT2D eigenvalue weighted by atomic mass is 79.9. The molecule has 1 aromatic carbocycles. The third-order valence-corrected chi connectivity index (χ3v) is 5.04. The number of carbonyl (C=O) groups excluding carboxylic acids is 1. The van der Waals surface area contributed by atoms with E-state index in [4.69, 9.17) is 0 Å². The fraction of sp³-hybridized carbons (Fsp3) is 0.312. The van der Waals surface area contributed by atoms with Crippen LogP contribution in [-0.2, 0) is 0 Å². The maximum absolute atomic E-state index is 11.9. The van der Waals surface area contributed by atoms with E-state index in [1.54, 1.807) is 11.3 Å². The molecule has 0 radical (unpaired) electrons. The molecule has 1 heterocycles. The van der Waals surface area contributed by atoms with Crippen molar-refractivity contribution in [3.63, 3.8) is 0 Å². The summed E-state index contributed by atoms with van der Waals surface area (Å²) in [5, 5.41) is 8.39. The van der Waals surface area contributed by atoms with E-state index >= 15 is 0 Å². The summed E-state index contributed by atoms with van der Waals surface area (Å²) in [7, 11) is 0. The molecule has 1 unspecified atom stereocenters. The summed E-state index contributed by atoms with van der Waals surface area (Å²) in [5.74, 6) is -0.0365. The highest BCUT2D eigenvalue weighted by Crippen LogP contribution is 2.31. The molecule has 0 saturated heterocycles. The minimum atomic E-state index is -0.0365. The molecule has 0 aliphatic heterocycles. The summed E-state index contributed by atoms with van der Waals surface area (Å²) in [5.41, 5.74) is 1.68. The Balaban J connectivity index is 2.03. The summed E-state index contributed by atoms with van der Waals surface area (Å²) >= 11 is 5.27. The summed E-state index contributed by atoms with van der Waals surface area (Å²) < 4.78 is 1.13. The van der Waals surface area contributed by atoms with Gasteiger partial charge in [0.05, 0.1) is 6.04 Å². The number of rotatable bonds is 5. The molecular formula is C16H19BrN2OS. The lowest BCUT2D eigenvalue weighted by Crippen LogP contribution is -2.29. The molecule has 1 amide bonds. The summed E-state index contributed by atoms with van der Waals surface area (Å²) in [6.07, 6.45) is 0. The first-order chi connectivity index (χ1) is 9.97. The van der Waals surface area contributed by atoms with E-state index in [0.717, 1.165) is 10.2 Å². The molecule has 0 bridgehead atoms. The Bertz CT molecular complexity index is 607. The summed E-state index contributed by atoms with van der Waals surface area (Å²) in [6.45, 7) is 6.03. The van der Waals surface area contributed by atoms with Gasteiger partial charge >= 0.3 is 0 Å². The number of anilines is 1. The molecule has 0 fully saturated rings. The minimum absolute atomic E-state index is 0.0365. The first-order valence-corrected chi connectivity index (χ1v) is 8.55. The molecular weight excluding hydrogens is 348 g/mol. The molecule has 21 heavy (non-hydrogen) atoms. The third-order valence-electron chi connectivity index (χ3n) is 2.99. The standard InChI is InChI=1S/C16H19BrN2OS/c1-10(2)18-16(20)12-4-6-13(7-5-12)19-11(3)15-14(17)8-9-21-15/h4-11,19H,1-3H3,(H,18,20). The van der Waals surface area contributed by atoms with Crippen LogP contribution >= 0.6 is 27.3 Å². The number of carbonyl (C=O) groups is 1. The average Bonchev–Trinajstić information content (AvgIpc) is 2.85. The van der Waals surface area contributed by atoms with Crippen molar-refractivity contribution in [1.82, 2.24) is 5.32 Å². The maximum Gasteiger partial charge on any atom is 0.251 e. The van der Waals surface area contributed by atoms with Crippen LogP contribution in [0.15, 0.2) is 40.2 Å². The molecule has 0 spiro atoms. The van der Waals surface area contributed by atoms with Gasteiger partial charge in [-0.15, -0.1) is 11.3 Å². The van der Waals surface area contributed by atoms with Gasteiger partial charge in [-0.1, -0.05) is 0 Å². The average molecular weight is 367 g/mol. The van der Waals surface area contributed by atoms with Gasteiger partial charge in [0.2, 0.25) is 0 Å². The molecule has 112 valence electrons. The van der Waals surface area contributed by atoms with Gasteiger partial charge in [0.25, 0.3) is 5.91 Å². The van der Waals surface area contributed by atoms with Crippen LogP contribution in [0, 0.1) is 0 Å². The van der Waals surface area contributed by atoms with Crippen LogP contribution in [0.3, 0.4) is 0 Å². The second kappa shape index (κ2) is 7.09. The lowest BCUT2D eigenvalue weighted by Gasteiger charge is -2.15. The SMILES string of the molecule is CC(C)NC(=O)c1ccc(NC(C)c2sccc2Br)cc1. The first kappa shape index (κ1) is 16.0. The van der Waals surface area contributed by atoms with Crippen molar-refractivity contribution in [3.05, 3.63) is 50.6 Å². The van der Waals surface area contributed by atoms with Gasteiger partial charge in [-0.05, 0) is 72.4 Å². The monoisotopic (exact) mass is 366 g/mol. The Hall–Kier alpha value is -1.33. The van der Waals surface area contributed by atoms with E-state index in [-0.39, 0.29) is 18.0 Å².